The zero-order valence-corrected chi connectivity index (χ0v) is 31.6. The van der Waals surface area contributed by atoms with Crippen molar-refractivity contribution in [3.63, 3.8) is 0 Å². The van der Waals surface area contributed by atoms with Crippen LogP contribution in [0.5, 0.6) is 0 Å². The molecule has 0 aliphatic carbocycles. The Balaban J connectivity index is 6.26. The second kappa shape index (κ2) is 22.8. The second-order valence-electron chi connectivity index (χ2n) is 12.7. The van der Waals surface area contributed by atoms with Crippen LogP contribution in [-0.4, -0.2) is 101 Å². The molecule has 0 rings (SSSR count). The molecule has 0 bridgehead atoms. The van der Waals surface area contributed by atoms with E-state index in [0.717, 1.165) is 0 Å². The van der Waals surface area contributed by atoms with Gasteiger partial charge in [-0.25, -0.2) is 38.4 Å². The fraction of sp³-hybridized carbons (Fsp3) is 0.421. The summed E-state index contributed by atoms with van der Waals surface area (Å²) >= 11 is 0. The van der Waals surface area contributed by atoms with Crippen molar-refractivity contribution < 1.29 is 76.3 Å². The van der Waals surface area contributed by atoms with Gasteiger partial charge in [0, 0.05) is 45.6 Å². The van der Waals surface area contributed by atoms with E-state index in [1.807, 2.05) is 0 Å². The Morgan fingerprint density at radius 3 is 0.630 bits per heavy atom. The third-order valence-corrected chi connectivity index (χ3v) is 6.54. The molecule has 16 nitrogen and oxygen atoms in total. The van der Waals surface area contributed by atoms with Gasteiger partial charge in [-0.1, -0.05) is 39.5 Å². The first-order valence-corrected chi connectivity index (χ1v) is 15.9. The molecule has 0 aromatic heterocycles. The smallest absolute Gasteiger partial charge is 0.333 e. The largest absolute Gasteiger partial charge is 0.462 e. The Kier molecular flexibility index (Phi) is 20.2. The lowest BCUT2D eigenvalue weighted by molar-refractivity contribution is -0.168. The summed E-state index contributed by atoms with van der Waals surface area (Å²) in [4.78, 5) is 98.9. The van der Waals surface area contributed by atoms with Gasteiger partial charge in [0.15, 0.2) is 0 Å². The van der Waals surface area contributed by atoms with Gasteiger partial charge < -0.3 is 37.9 Å². The van der Waals surface area contributed by atoms with Gasteiger partial charge in [0.05, 0.1) is 0 Å². The van der Waals surface area contributed by atoms with E-state index in [9.17, 15) is 38.4 Å². The summed E-state index contributed by atoms with van der Waals surface area (Å²) in [6, 6.07) is 0. The molecule has 0 saturated heterocycles. The van der Waals surface area contributed by atoms with E-state index >= 15 is 0 Å². The van der Waals surface area contributed by atoms with E-state index in [-0.39, 0.29) is 33.4 Å². The topological polar surface area (TPSA) is 210 Å². The number of carbonyl (C=O) groups is 8. The fourth-order valence-corrected chi connectivity index (χ4v) is 3.23. The molecule has 0 amide bonds. The molecule has 0 aromatic carbocycles. The lowest BCUT2D eigenvalue weighted by Crippen LogP contribution is -2.44. The van der Waals surface area contributed by atoms with Crippen LogP contribution in [0.25, 0.3) is 0 Å². The van der Waals surface area contributed by atoms with Crippen LogP contribution in [0, 0.1) is 10.8 Å². The minimum Gasteiger partial charge on any atom is -0.462 e. The lowest BCUT2D eigenvalue weighted by Gasteiger charge is -2.31. The summed E-state index contributed by atoms with van der Waals surface area (Å²) in [7, 11) is 0. The maximum Gasteiger partial charge on any atom is 0.333 e. The molecule has 0 saturated carbocycles. The minimum absolute atomic E-state index is 0.0150. The summed E-state index contributed by atoms with van der Waals surface area (Å²) < 4.78 is 41.9. The molecule has 54 heavy (non-hydrogen) atoms. The molecule has 0 N–H and O–H groups in total. The first-order chi connectivity index (χ1) is 25.0. The van der Waals surface area contributed by atoms with Crippen molar-refractivity contribution >= 4 is 47.8 Å². The van der Waals surface area contributed by atoms with Crippen molar-refractivity contribution in [3.05, 3.63) is 85.1 Å². The van der Waals surface area contributed by atoms with Crippen LogP contribution < -0.4 is 0 Å². The highest BCUT2D eigenvalue weighted by Crippen LogP contribution is 2.24. The summed E-state index contributed by atoms with van der Waals surface area (Å²) in [6.45, 7) is 24.3. The average Bonchev–Trinajstić information content (AvgIpc) is 3.11. The Bertz CT molecular complexity index is 1330. The number of esters is 8. The predicted octanol–water partition coefficient (Wildman–Crippen LogP) is 3.32. The number of ether oxygens (including phenoxy) is 8. The van der Waals surface area contributed by atoms with Crippen LogP contribution >= 0.6 is 0 Å². The van der Waals surface area contributed by atoms with Crippen LogP contribution in [0.2, 0.25) is 0 Å². The molecule has 0 aromatic rings. The molecular weight excluding hydrogens is 712 g/mol. The fourth-order valence-electron chi connectivity index (χ4n) is 3.23. The van der Waals surface area contributed by atoms with Crippen LogP contribution in [0.3, 0.4) is 0 Å². The zero-order chi connectivity index (χ0) is 41.8. The van der Waals surface area contributed by atoms with Crippen LogP contribution in [0.4, 0.5) is 0 Å². The van der Waals surface area contributed by atoms with E-state index < -0.39 is 111 Å². The molecule has 0 spiro atoms. The highest BCUT2D eigenvalue weighted by molar-refractivity contribution is 5.92. The van der Waals surface area contributed by atoms with Crippen molar-refractivity contribution in [2.45, 2.75) is 41.5 Å². The summed E-state index contributed by atoms with van der Waals surface area (Å²) in [6.07, 6.45) is 1.33. The Labute approximate surface area is 314 Å². The molecule has 0 unspecified atom stereocenters. The Hall–Kier alpha value is -6.06. The molecule has 0 heterocycles. The monoisotopic (exact) mass is 760 g/mol. The molecule has 0 atom stereocenters. The summed E-state index contributed by atoms with van der Waals surface area (Å²) in [5.41, 5.74) is -3.23. The highest BCUT2D eigenvalue weighted by Gasteiger charge is 2.39. The zero-order valence-electron chi connectivity index (χ0n) is 31.6. The van der Waals surface area contributed by atoms with Gasteiger partial charge in [0.25, 0.3) is 0 Å². The molecule has 16 heteroatoms. The van der Waals surface area contributed by atoms with Crippen molar-refractivity contribution in [3.8, 4) is 0 Å². The minimum atomic E-state index is -1.66. The van der Waals surface area contributed by atoms with Gasteiger partial charge in [-0.15, -0.1) is 0 Å². The molecule has 0 aliphatic rings. The van der Waals surface area contributed by atoms with Crippen LogP contribution in [-0.2, 0) is 76.3 Å². The van der Waals surface area contributed by atoms with E-state index in [2.05, 4.69) is 39.5 Å². The van der Waals surface area contributed by atoms with Gasteiger partial charge in [-0.3, -0.25) is 0 Å². The Morgan fingerprint density at radius 2 is 0.481 bits per heavy atom. The molecule has 296 valence electrons. The molecule has 0 fully saturated rings. The SMILES string of the molecule is C=C(C)C(=O)OCC(COC(=O)/C=C\C(=O)OCC(COC(=O)C(=C)C)(COC(=O)C(=C)C)COC(=O)C(=C)C)(COC(=O)C(=C)C)COC(=O)C(=C)C. The Morgan fingerprint density at radius 1 is 0.333 bits per heavy atom. The van der Waals surface area contributed by atoms with Crippen LogP contribution in [0.15, 0.2) is 85.1 Å². The third-order valence-electron chi connectivity index (χ3n) is 6.54. The van der Waals surface area contributed by atoms with Gasteiger partial charge >= 0.3 is 47.8 Å². The normalized spacial score (nSPS) is 10.9. The van der Waals surface area contributed by atoms with Gasteiger partial charge in [0.1, 0.15) is 63.7 Å². The number of hydrogen-bond donors (Lipinski definition) is 0. The van der Waals surface area contributed by atoms with E-state index in [4.69, 9.17) is 37.9 Å². The van der Waals surface area contributed by atoms with E-state index in [0.29, 0.717) is 12.2 Å². The maximum atomic E-state index is 12.8. The van der Waals surface area contributed by atoms with E-state index in [1.165, 1.54) is 41.5 Å². The maximum absolute atomic E-state index is 12.8. The first-order valence-electron chi connectivity index (χ1n) is 15.9. The van der Waals surface area contributed by atoms with Gasteiger partial charge in [-0.2, -0.15) is 0 Å². The summed E-state index contributed by atoms with van der Waals surface area (Å²) in [5.74, 6) is -7.37. The highest BCUT2D eigenvalue weighted by atomic mass is 16.6. The standard InChI is InChI=1S/C38H48O16/c1-23(2)31(41)49-17-37(18-50-32(42)24(3)4,19-51-33(43)25(5)6)15-47-29(39)13-14-30(40)48-16-38(20-52-34(44)26(7)8,21-53-35(45)27(9)10)22-54-36(46)28(11)12/h13-14H,1,3,5,7,9,11,15-22H2,2,4,6,8,10,12H3/b14-13-. The average molecular weight is 761 g/mol. The van der Waals surface area contributed by atoms with Gasteiger partial charge in [-0.05, 0) is 41.5 Å². The quantitative estimate of drug-likeness (QED) is 0.0785. The van der Waals surface area contributed by atoms with Crippen molar-refractivity contribution in [2.75, 3.05) is 52.9 Å². The summed E-state index contributed by atoms with van der Waals surface area (Å²) in [5, 5.41) is 0. The number of carbonyl (C=O) groups excluding carboxylic acids is 8. The third kappa shape index (κ3) is 18.4. The van der Waals surface area contributed by atoms with Crippen molar-refractivity contribution in [1.29, 1.82) is 0 Å². The van der Waals surface area contributed by atoms with Crippen molar-refractivity contribution in [2.24, 2.45) is 10.8 Å². The number of hydrogen-bond acceptors (Lipinski definition) is 16. The molecule has 0 radical (unpaired) electrons. The van der Waals surface area contributed by atoms with Crippen LogP contribution in [0.1, 0.15) is 41.5 Å². The second-order valence-corrected chi connectivity index (χ2v) is 12.7. The lowest BCUT2D eigenvalue weighted by atomic mass is 9.92. The van der Waals surface area contributed by atoms with Gasteiger partial charge in [0.2, 0.25) is 0 Å². The molecule has 0 aliphatic heterocycles. The first kappa shape index (κ1) is 47.9. The predicted molar refractivity (Wildman–Crippen MR) is 191 cm³/mol. The molecular formula is C38H48O16. The van der Waals surface area contributed by atoms with E-state index in [1.54, 1.807) is 0 Å². The van der Waals surface area contributed by atoms with Crippen molar-refractivity contribution in [1.82, 2.24) is 0 Å². The number of rotatable bonds is 24.